The number of benzene rings is 1. The molecule has 1 fully saturated rings. The first kappa shape index (κ1) is 17.2. The van der Waals surface area contributed by atoms with E-state index in [4.69, 9.17) is 4.98 Å². The molecule has 26 heavy (non-hydrogen) atoms. The Morgan fingerprint density at radius 3 is 3.04 bits per heavy atom. The second-order valence-electron chi connectivity index (χ2n) is 7.29. The minimum Gasteiger partial charge on any atom is -0.342 e. The number of carbonyl (C=O) groups excluding carboxylic acids is 1. The zero-order valence-electron chi connectivity index (χ0n) is 15.2. The predicted octanol–water partition coefficient (Wildman–Crippen LogP) is 2.46. The summed E-state index contributed by atoms with van der Waals surface area (Å²) in [5.74, 6) is 1.44. The molecule has 3 heterocycles. The van der Waals surface area contributed by atoms with Gasteiger partial charge in [0.2, 0.25) is 5.91 Å². The van der Waals surface area contributed by atoms with Crippen LogP contribution in [0.15, 0.2) is 36.5 Å². The number of carbonyl (C=O) groups is 1. The summed E-state index contributed by atoms with van der Waals surface area (Å²) in [7, 11) is 0. The molecule has 1 saturated heterocycles. The van der Waals surface area contributed by atoms with Crippen molar-refractivity contribution in [2.45, 2.75) is 44.6 Å². The molecule has 5 nitrogen and oxygen atoms in total. The highest BCUT2D eigenvalue weighted by atomic mass is 16.2. The standard InChI is InChI=1S/C21H26N4O/c26-20(9-8-16-5-2-1-3-6-16)25-12-4-7-17(15-25)21-23-14-18-13-22-11-10-19(18)24-21/h1-3,5-6,14,17,22H,4,7-13,15H2. The monoisotopic (exact) mass is 350 g/mol. The van der Waals surface area contributed by atoms with Crippen LogP contribution in [0.25, 0.3) is 0 Å². The highest BCUT2D eigenvalue weighted by Crippen LogP contribution is 2.26. The number of fused-ring (bicyclic) bond motifs is 1. The van der Waals surface area contributed by atoms with E-state index in [0.29, 0.717) is 6.42 Å². The summed E-state index contributed by atoms with van der Waals surface area (Å²) in [6.07, 6.45) is 6.43. The topological polar surface area (TPSA) is 58.1 Å². The molecule has 0 bridgehead atoms. The fourth-order valence-electron chi connectivity index (χ4n) is 3.92. The van der Waals surface area contributed by atoms with Gasteiger partial charge in [-0.15, -0.1) is 0 Å². The highest BCUT2D eigenvalue weighted by molar-refractivity contribution is 5.76. The molecule has 136 valence electrons. The summed E-state index contributed by atoms with van der Waals surface area (Å²) >= 11 is 0. The molecular weight excluding hydrogens is 324 g/mol. The van der Waals surface area contributed by atoms with Gasteiger partial charge in [-0.3, -0.25) is 4.79 Å². The number of aromatic nitrogens is 2. The van der Waals surface area contributed by atoms with Gasteiger partial charge in [-0.1, -0.05) is 30.3 Å². The lowest BCUT2D eigenvalue weighted by Crippen LogP contribution is -2.39. The van der Waals surface area contributed by atoms with Crippen LogP contribution in [0.3, 0.4) is 0 Å². The fraction of sp³-hybridized carbons (Fsp3) is 0.476. The van der Waals surface area contributed by atoms with Crippen molar-refractivity contribution in [1.82, 2.24) is 20.2 Å². The third kappa shape index (κ3) is 3.93. The minimum absolute atomic E-state index is 0.251. The van der Waals surface area contributed by atoms with Gasteiger partial charge in [0, 0.05) is 62.4 Å². The van der Waals surface area contributed by atoms with Crippen molar-refractivity contribution in [3.05, 3.63) is 59.2 Å². The molecule has 1 aromatic carbocycles. The molecule has 0 radical (unpaired) electrons. The predicted molar refractivity (Wildman–Crippen MR) is 101 cm³/mol. The summed E-state index contributed by atoms with van der Waals surface area (Å²) in [6.45, 7) is 3.46. The van der Waals surface area contributed by atoms with Crippen LogP contribution in [0, 0.1) is 0 Å². The Labute approximate surface area is 154 Å². The van der Waals surface area contributed by atoms with E-state index in [1.54, 1.807) is 0 Å². The summed E-state index contributed by atoms with van der Waals surface area (Å²) in [4.78, 5) is 24.1. The van der Waals surface area contributed by atoms with E-state index in [1.807, 2.05) is 29.3 Å². The molecule has 0 saturated carbocycles. The lowest BCUT2D eigenvalue weighted by atomic mass is 9.96. The summed E-state index contributed by atoms with van der Waals surface area (Å²) in [5.41, 5.74) is 3.62. The van der Waals surface area contributed by atoms with E-state index in [2.05, 4.69) is 22.4 Å². The number of hydrogen-bond donors (Lipinski definition) is 1. The second-order valence-corrected chi connectivity index (χ2v) is 7.29. The Kier molecular flexibility index (Phi) is 5.25. The SMILES string of the molecule is O=C(CCc1ccccc1)N1CCCC(c2ncc3c(n2)CCNC3)C1. The molecule has 1 unspecified atom stereocenters. The maximum Gasteiger partial charge on any atom is 0.222 e. The highest BCUT2D eigenvalue weighted by Gasteiger charge is 2.27. The average molecular weight is 350 g/mol. The molecule has 1 N–H and O–H groups in total. The van der Waals surface area contributed by atoms with Crippen LogP contribution >= 0.6 is 0 Å². The molecule has 5 heteroatoms. The number of piperidine rings is 1. The molecule has 0 aliphatic carbocycles. The van der Waals surface area contributed by atoms with Crippen LogP contribution in [0.5, 0.6) is 0 Å². The van der Waals surface area contributed by atoms with Crippen LogP contribution in [-0.4, -0.2) is 40.4 Å². The largest absolute Gasteiger partial charge is 0.342 e. The first-order chi connectivity index (χ1) is 12.8. The third-order valence-corrected chi connectivity index (χ3v) is 5.44. The number of aryl methyl sites for hydroxylation is 1. The molecular formula is C21H26N4O. The average Bonchev–Trinajstić information content (AvgIpc) is 2.72. The van der Waals surface area contributed by atoms with Crippen molar-refractivity contribution in [1.29, 1.82) is 0 Å². The molecule has 1 amide bonds. The van der Waals surface area contributed by atoms with Crippen LogP contribution in [0.4, 0.5) is 0 Å². The van der Waals surface area contributed by atoms with Gasteiger partial charge in [-0.05, 0) is 24.8 Å². The van der Waals surface area contributed by atoms with E-state index in [0.717, 1.165) is 57.7 Å². The van der Waals surface area contributed by atoms with E-state index in [1.165, 1.54) is 16.8 Å². The molecule has 4 rings (SSSR count). The number of rotatable bonds is 4. The maximum absolute atomic E-state index is 12.7. The molecule has 1 aromatic heterocycles. The van der Waals surface area contributed by atoms with E-state index >= 15 is 0 Å². The maximum atomic E-state index is 12.7. The van der Waals surface area contributed by atoms with E-state index in [-0.39, 0.29) is 11.8 Å². The van der Waals surface area contributed by atoms with E-state index < -0.39 is 0 Å². The van der Waals surface area contributed by atoms with Gasteiger partial charge < -0.3 is 10.2 Å². The zero-order chi connectivity index (χ0) is 17.8. The normalized spacial score (nSPS) is 19.8. The summed E-state index contributed by atoms with van der Waals surface area (Å²) in [5, 5.41) is 3.36. The van der Waals surface area contributed by atoms with Gasteiger partial charge in [0.05, 0.1) is 0 Å². The van der Waals surface area contributed by atoms with E-state index in [9.17, 15) is 4.79 Å². The minimum atomic E-state index is 0.251. The Morgan fingerprint density at radius 2 is 2.15 bits per heavy atom. The van der Waals surface area contributed by atoms with Crippen molar-refractivity contribution in [3.63, 3.8) is 0 Å². The zero-order valence-corrected chi connectivity index (χ0v) is 15.2. The Bertz CT molecular complexity index is 762. The Morgan fingerprint density at radius 1 is 1.27 bits per heavy atom. The Balaban J connectivity index is 1.38. The molecule has 2 aromatic rings. The number of nitrogens with one attached hydrogen (secondary N) is 1. The number of likely N-dealkylation sites (tertiary alicyclic amines) is 1. The quantitative estimate of drug-likeness (QED) is 0.920. The van der Waals surface area contributed by atoms with Gasteiger partial charge in [-0.2, -0.15) is 0 Å². The van der Waals surface area contributed by atoms with Crippen molar-refractivity contribution in [3.8, 4) is 0 Å². The van der Waals surface area contributed by atoms with Crippen LogP contribution in [-0.2, 0) is 24.2 Å². The molecule has 0 spiro atoms. The fourth-order valence-corrected chi connectivity index (χ4v) is 3.92. The van der Waals surface area contributed by atoms with Gasteiger partial charge in [0.1, 0.15) is 5.82 Å². The van der Waals surface area contributed by atoms with Crippen molar-refractivity contribution in [2.24, 2.45) is 0 Å². The van der Waals surface area contributed by atoms with Gasteiger partial charge in [0.15, 0.2) is 0 Å². The van der Waals surface area contributed by atoms with Crippen LogP contribution in [0.1, 0.15) is 47.8 Å². The van der Waals surface area contributed by atoms with Gasteiger partial charge in [0.25, 0.3) is 0 Å². The van der Waals surface area contributed by atoms with Crippen molar-refractivity contribution >= 4 is 5.91 Å². The first-order valence-electron chi connectivity index (χ1n) is 9.67. The third-order valence-electron chi connectivity index (χ3n) is 5.44. The number of amides is 1. The molecule has 2 aliphatic rings. The summed E-state index contributed by atoms with van der Waals surface area (Å²) in [6, 6.07) is 10.2. The van der Waals surface area contributed by atoms with Crippen LogP contribution in [0.2, 0.25) is 0 Å². The summed E-state index contributed by atoms with van der Waals surface area (Å²) < 4.78 is 0. The molecule has 2 aliphatic heterocycles. The number of hydrogen-bond acceptors (Lipinski definition) is 4. The Hall–Kier alpha value is -2.27. The molecule has 1 atom stereocenters. The smallest absolute Gasteiger partial charge is 0.222 e. The lowest BCUT2D eigenvalue weighted by molar-refractivity contribution is -0.132. The van der Waals surface area contributed by atoms with Gasteiger partial charge >= 0.3 is 0 Å². The van der Waals surface area contributed by atoms with Crippen LogP contribution < -0.4 is 5.32 Å². The van der Waals surface area contributed by atoms with Gasteiger partial charge in [-0.25, -0.2) is 9.97 Å². The van der Waals surface area contributed by atoms with Crippen molar-refractivity contribution < 1.29 is 4.79 Å². The lowest BCUT2D eigenvalue weighted by Gasteiger charge is -2.32. The first-order valence-corrected chi connectivity index (χ1v) is 9.67. The second kappa shape index (κ2) is 7.96. The van der Waals surface area contributed by atoms with Crippen molar-refractivity contribution in [2.75, 3.05) is 19.6 Å². The number of nitrogens with zero attached hydrogens (tertiary/aromatic N) is 3.